The number of sulfone groups is 1. The maximum atomic E-state index is 12.1. The Hall–Kier alpha value is -1.34. The molecule has 112 valence electrons. The average Bonchev–Trinajstić information content (AvgIpc) is 2.95. The molecule has 3 rings (SSSR count). The molecule has 0 spiro atoms. The SMILES string of the molecule is O=C(Cn1ccc2c(Br)cccc21)N[C@@H]1CCS(=O)(=O)C1. The molecule has 1 aliphatic rings. The number of hydrogen-bond acceptors (Lipinski definition) is 3. The van der Waals surface area contributed by atoms with E-state index in [0.29, 0.717) is 6.42 Å². The first-order valence-electron chi connectivity index (χ1n) is 6.68. The van der Waals surface area contributed by atoms with Crippen LogP contribution in [0.2, 0.25) is 0 Å². The van der Waals surface area contributed by atoms with E-state index < -0.39 is 9.84 Å². The van der Waals surface area contributed by atoms with Crippen LogP contribution < -0.4 is 5.32 Å². The summed E-state index contributed by atoms with van der Waals surface area (Å²) in [5.74, 6) is 0.0585. The summed E-state index contributed by atoms with van der Waals surface area (Å²) in [4.78, 5) is 12.1. The van der Waals surface area contributed by atoms with Crippen LogP contribution in [0.25, 0.3) is 10.9 Å². The lowest BCUT2D eigenvalue weighted by Crippen LogP contribution is -2.37. The zero-order chi connectivity index (χ0) is 15.0. The minimum absolute atomic E-state index is 0.0523. The molecule has 1 amide bonds. The lowest BCUT2D eigenvalue weighted by atomic mass is 10.2. The van der Waals surface area contributed by atoms with Gasteiger partial charge in [-0.1, -0.05) is 22.0 Å². The minimum atomic E-state index is -2.97. The van der Waals surface area contributed by atoms with Crippen molar-refractivity contribution < 1.29 is 13.2 Å². The molecule has 1 atom stereocenters. The highest BCUT2D eigenvalue weighted by Crippen LogP contribution is 2.24. The molecule has 0 saturated carbocycles. The Morgan fingerprint density at radius 1 is 1.38 bits per heavy atom. The summed E-state index contributed by atoms with van der Waals surface area (Å²) in [5, 5.41) is 3.85. The molecule has 0 unspecified atom stereocenters. The predicted molar refractivity (Wildman–Crippen MR) is 84.8 cm³/mol. The number of benzene rings is 1. The van der Waals surface area contributed by atoms with Crippen molar-refractivity contribution in [1.29, 1.82) is 0 Å². The van der Waals surface area contributed by atoms with Gasteiger partial charge in [0.15, 0.2) is 9.84 Å². The predicted octanol–water partition coefficient (Wildman–Crippen LogP) is 1.71. The van der Waals surface area contributed by atoms with Crippen molar-refractivity contribution >= 4 is 42.6 Å². The van der Waals surface area contributed by atoms with Crippen LogP contribution in [-0.4, -0.2) is 36.4 Å². The van der Waals surface area contributed by atoms with Crippen LogP contribution in [0.15, 0.2) is 34.9 Å². The fourth-order valence-electron chi connectivity index (χ4n) is 2.66. The van der Waals surface area contributed by atoms with Crippen LogP contribution in [0.4, 0.5) is 0 Å². The molecule has 1 saturated heterocycles. The molecule has 1 aromatic heterocycles. The Labute approximate surface area is 131 Å². The van der Waals surface area contributed by atoms with E-state index in [1.807, 2.05) is 35.0 Å². The van der Waals surface area contributed by atoms with E-state index in [-0.39, 0.29) is 30.0 Å². The molecular formula is C14H15BrN2O3S. The Morgan fingerprint density at radius 3 is 2.90 bits per heavy atom. The standard InChI is InChI=1S/C14H15BrN2O3S/c15-12-2-1-3-13-11(12)4-6-17(13)8-14(18)16-10-5-7-21(19,20)9-10/h1-4,6,10H,5,7-9H2,(H,16,18)/t10-/m1/s1. The smallest absolute Gasteiger partial charge is 0.240 e. The van der Waals surface area contributed by atoms with Crippen LogP contribution in [0.3, 0.4) is 0 Å². The zero-order valence-electron chi connectivity index (χ0n) is 11.3. The van der Waals surface area contributed by atoms with E-state index in [9.17, 15) is 13.2 Å². The topological polar surface area (TPSA) is 68.2 Å². The largest absolute Gasteiger partial charge is 0.351 e. The van der Waals surface area contributed by atoms with Crippen molar-refractivity contribution in [2.75, 3.05) is 11.5 Å². The second-order valence-electron chi connectivity index (χ2n) is 5.28. The number of rotatable bonds is 3. The van der Waals surface area contributed by atoms with Gasteiger partial charge in [0, 0.05) is 27.6 Å². The van der Waals surface area contributed by atoms with Gasteiger partial charge in [0.05, 0.1) is 11.5 Å². The van der Waals surface area contributed by atoms with Gasteiger partial charge in [-0.3, -0.25) is 4.79 Å². The number of carbonyl (C=O) groups excluding carboxylic acids is 1. The molecule has 0 bridgehead atoms. The molecule has 5 nitrogen and oxygen atoms in total. The van der Waals surface area contributed by atoms with Crippen LogP contribution in [0.1, 0.15) is 6.42 Å². The number of halogens is 1. The molecule has 1 aromatic carbocycles. The summed E-state index contributed by atoms with van der Waals surface area (Å²) >= 11 is 3.48. The summed E-state index contributed by atoms with van der Waals surface area (Å²) in [6.45, 7) is 0.191. The molecule has 1 fully saturated rings. The number of nitrogens with zero attached hydrogens (tertiary/aromatic N) is 1. The van der Waals surface area contributed by atoms with E-state index in [1.54, 1.807) is 0 Å². The fourth-order valence-corrected chi connectivity index (χ4v) is 4.82. The average molecular weight is 371 g/mol. The number of amides is 1. The molecule has 1 aliphatic heterocycles. The Bertz CT molecular complexity index is 798. The minimum Gasteiger partial charge on any atom is -0.351 e. The Kier molecular flexibility index (Phi) is 3.79. The highest BCUT2D eigenvalue weighted by atomic mass is 79.9. The van der Waals surface area contributed by atoms with Gasteiger partial charge in [-0.05, 0) is 24.6 Å². The third-order valence-corrected chi connectivity index (χ3v) is 6.13. The number of nitrogens with one attached hydrogen (secondary N) is 1. The molecule has 21 heavy (non-hydrogen) atoms. The van der Waals surface area contributed by atoms with Gasteiger partial charge < -0.3 is 9.88 Å². The molecule has 0 aliphatic carbocycles. The molecular weight excluding hydrogens is 356 g/mol. The van der Waals surface area contributed by atoms with Crippen LogP contribution in [-0.2, 0) is 21.2 Å². The lowest BCUT2D eigenvalue weighted by molar-refractivity contribution is -0.122. The van der Waals surface area contributed by atoms with Crippen molar-refractivity contribution in [3.05, 3.63) is 34.9 Å². The van der Waals surface area contributed by atoms with Crippen molar-refractivity contribution in [3.8, 4) is 0 Å². The van der Waals surface area contributed by atoms with Gasteiger partial charge in [0.2, 0.25) is 5.91 Å². The van der Waals surface area contributed by atoms with Crippen molar-refractivity contribution in [2.45, 2.75) is 19.0 Å². The third-order valence-electron chi connectivity index (χ3n) is 3.67. The first-order chi connectivity index (χ1) is 9.94. The van der Waals surface area contributed by atoms with E-state index >= 15 is 0 Å². The number of fused-ring (bicyclic) bond motifs is 1. The molecule has 0 radical (unpaired) electrons. The zero-order valence-corrected chi connectivity index (χ0v) is 13.7. The van der Waals surface area contributed by atoms with Gasteiger partial charge in [-0.2, -0.15) is 0 Å². The van der Waals surface area contributed by atoms with Gasteiger partial charge >= 0.3 is 0 Å². The van der Waals surface area contributed by atoms with Crippen molar-refractivity contribution in [1.82, 2.24) is 9.88 Å². The monoisotopic (exact) mass is 370 g/mol. The first kappa shape index (κ1) is 14.6. The molecule has 2 heterocycles. The van der Waals surface area contributed by atoms with Crippen LogP contribution in [0, 0.1) is 0 Å². The van der Waals surface area contributed by atoms with Crippen molar-refractivity contribution in [2.24, 2.45) is 0 Å². The van der Waals surface area contributed by atoms with Crippen molar-refractivity contribution in [3.63, 3.8) is 0 Å². The lowest BCUT2D eigenvalue weighted by Gasteiger charge is -2.12. The maximum absolute atomic E-state index is 12.1. The summed E-state index contributed by atoms with van der Waals surface area (Å²) in [5.41, 5.74) is 0.971. The van der Waals surface area contributed by atoms with Gasteiger partial charge in [-0.25, -0.2) is 8.42 Å². The normalized spacial score (nSPS) is 20.7. The summed E-state index contributed by atoms with van der Waals surface area (Å²) in [7, 11) is -2.97. The van der Waals surface area contributed by atoms with Gasteiger partial charge in [0.25, 0.3) is 0 Å². The molecule has 7 heteroatoms. The second-order valence-corrected chi connectivity index (χ2v) is 8.37. The number of carbonyl (C=O) groups is 1. The maximum Gasteiger partial charge on any atom is 0.240 e. The molecule has 1 N–H and O–H groups in total. The highest BCUT2D eigenvalue weighted by Gasteiger charge is 2.28. The van der Waals surface area contributed by atoms with E-state index in [0.717, 1.165) is 15.4 Å². The fraction of sp³-hybridized carbons (Fsp3) is 0.357. The van der Waals surface area contributed by atoms with Gasteiger partial charge in [0.1, 0.15) is 6.54 Å². The summed E-state index contributed by atoms with van der Waals surface area (Å²) < 4.78 is 25.6. The summed E-state index contributed by atoms with van der Waals surface area (Å²) in [6, 6.07) is 7.52. The third kappa shape index (κ3) is 3.13. The summed E-state index contributed by atoms with van der Waals surface area (Å²) in [6.07, 6.45) is 2.37. The molecule has 2 aromatic rings. The highest BCUT2D eigenvalue weighted by molar-refractivity contribution is 9.10. The quantitative estimate of drug-likeness (QED) is 0.893. The number of hydrogen-bond donors (Lipinski definition) is 1. The van der Waals surface area contributed by atoms with E-state index in [4.69, 9.17) is 0 Å². The van der Waals surface area contributed by atoms with Gasteiger partial charge in [-0.15, -0.1) is 0 Å². The second kappa shape index (κ2) is 5.46. The van der Waals surface area contributed by atoms with Crippen LogP contribution in [0.5, 0.6) is 0 Å². The Morgan fingerprint density at radius 2 is 2.19 bits per heavy atom. The van der Waals surface area contributed by atoms with E-state index in [1.165, 1.54) is 0 Å². The Balaban J connectivity index is 1.71. The first-order valence-corrected chi connectivity index (χ1v) is 9.29. The van der Waals surface area contributed by atoms with Crippen LogP contribution >= 0.6 is 15.9 Å². The number of aromatic nitrogens is 1. The van der Waals surface area contributed by atoms with E-state index in [2.05, 4.69) is 21.2 Å².